The van der Waals surface area contributed by atoms with Gasteiger partial charge >= 0.3 is 0 Å². The first-order valence-corrected chi connectivity index (χ1v) is 12.7. The first-order valence-electron chi connectivity index (χ1n) is 11.3. The number of aryl methyl sites for hydroxylation is 1. The third-order valence-electron chi connectivity index (χ3n) is 5.94. The summed E-state index contributed by atoms with van der Waals surface area (Å²) in [6.45, 7) is 3.69. The van der Waals surface area contributed by atoms with E-state index in [1.54, 1.807) is 11.8 Å². The van der Waals surface area contributed by atoms with Gasteiger partial charge in [-0.2, -0.15) is 11.8 Å². The molecule has 1 saturated carbocycles. The number of aliphatic imine (C=N–C) groups is 1. The fourth-order valence-electron chi connectivity index (χ4n) is 4.30. The second-order valence-electron chi connectivity index (χ2n) is 8.37. The zero-order valence-electron chi connectivity index (χ0n) is 19.2. The van der Waals surface area contributed by atoms with E-state index in [9.17, 15) is 4.79 Å². The van der Waals surface area contributed by atoms with Crippen molar-refractivity contribution in [3.8, 4) is 0 Å². The quantitative estimate of drug-likeness (QED) is 0.476. The zero-order chi connectivity index (χ0) is 21.6. The van der Waals surface area contributed by atoms with Gasteiger partial charge in [-0.05, 0) is 44.6 Å². The fourth-order valence-corrected chi connectivity index (χ4v) is 4.60. The van der Waals surface area contributed by atoms with Crippen LogP contribution in [0.1, 0.15) is 54.7 Å². The third-order valence-corrected chi connectivity index (χ3v) is 6.55. The summed E-state index contributed by atoms with van der Waals surface area (Å²) in [6.07, 6.45) is 8.73. The highest BCUT2D eigenvalue weighted by Gasteiger charge is 2.27. The number of thioether (sulfide) groups is 1. The van der Waals surface area contributed by atoms with Crippen LogP contribution in [0.5, 0.6) is 0 Å². The molecule has 1 amide bonds. The van der Waals surface area contributed by atoms with E-state index in [0.29, 0.717) is 6.54 Å². The van der Waals surface area contributed by atoms with Crippen molar-refractivity contribution in [2.45, 2.75) is 57.5 Å². The second kappa shape index (κ2) is 13.2. The molecule has 182 valence electrons. The number of benzene rings is 1. The number of amides is 1. The minimum atomic E-state index is -0.227. The van der Waals surface area contributed by atoms with E-state index < -0.39 is 0 Å². The Kier molecular flexibility index (Phi) is 11.0. The molecule has 1 aromatic carbocycles. The minimum absolute atomic E-state index is 0. The topological polar surface area (TPSA) is 91.3 Å². The maximum absolute atomic E-state index is 12.7. The molecule has 1 aromatic heterocycles. The number of halogens is 2. The zero-order valence-corrected chi connectivity index (χ0v) is 21.7. The summed E-state index contributed by atoms with van der Waals surface area (Å²) in [7, 11) is 0. The van der Waals surface area contributed by atoms with Crippen LogP contribution >= 0.6 is 36.6 Å². The lowest BCUT2D eigenvalue weighted by molar-refractivity contribution is 0.0946. The maximum Gasteiger partial charge on any atom is 0.289 e. The second-order valence-corrected chi connectivity index (χ2v) is 9.36. The number of nitrogens with one attached hydrogen (secondary N) is 3. The Bertz CT molecular complexity index is 965. The first kappa shape index (κ1) is 27.5. The smallest absolute Gasteiger partial charge is 0.289 e. The number of hydrogen-bond donors (Lipinski definition) is 3. The minimum Gasteiger partial charge on any atom is -0.374 e. The Balaban J connectivity index is 0.00000193. The molecule has 10 heteroatoms. The summed E-state index contributed by atoms with van der Waals surface area (Å²) < 4.78 is 0. The van der Waals surface area contributed by atoms with Gasteiger partial charge in [0.2, 0.25) is 5.82 Å². The molecule has 7 nitrogen and oxygen atoms in total. The average molecular weight is 514 g/mol. The average Bonchev–Trinajstić information content (AvgIpc) is 3.28. The molecule has 0 spiro atoms. The van der Waals surface area contributed by atoms with Crippen LogP contribution in [-0.2, 0) is 0 Å². The van der Waals surface area contributed by atoms with Crippen molar-refractivity contribution in [3.63, 3.8) is 0 Å². The monoisotopic (exact) mass is 512 g/mol. The number of hydrogen-bond acceptors (Lipinski definition) is 6. The molecule has 2 atom stereocenters. The van der Waals surface area contributed by atoms with Crippen LogP contribution in [0.3, 0.4) is 0 Å². The van der Waals surface area contributed by atoms with Gasteiger partial charge in [-0.1, -0.05) is 24.5 Å². The molecular weight excluding hydrogens is 479 g/mol. The molecule has 1 aliphatic heterocycles. The van der Waals surface area contributed by atoms with Gasteiger partial charge in [0, 0.05) is 36.7 Å². The number of rotatable bonds is 7. The van der Waals surface area contributed by atoms with Crippen molar-refractivity contribution in [2.24, 2.45) is 4.99 Å². The van der Waals surface area contributed by atoms with E-state index >= 15 is 0 Å². The fraction of sp³-hybridized carbons (Fsp3) is 0.565. The number of amidine groups is 1. The number of aromatic nitrogens is 2. The molecule has 0 radical (unpaired) electrons. The van der Waals surface area contributed by atoms with Gasteiger partial charge in [0.05, 0.1) is 17.4 Å². The van der Waals surface area contributed by atoms with E-state index in [0.717, 1.165) is 66.1 Å². The van der Waals surface area contributed by atoms with Gasteiger partial charge in [-0.15, -0.1) is 24.8 Å². The van der Waals surface area contributed by atoms with E-state index in [1.807, 2.05) is 18.4 Å². The molecule has 2 aliphatic rings. The lowest BCUT2D eigenvalue weighted by Crippen LogP contribution is -2.37. The number of carbonyl (C=O) groups excluding carboxylic acids is 1. The van der Waals surface area contributed by atoms with E-state index in [1.165, 1.54) is 12.8 Å². The number of fused-ring (bicyclic) bond motifs is 1. The van der Waals surface area contributed by atoms with Crippen LogP contribution in [0.15, 0.2) is 23.2 Å². The number of nitrogens with zero attached hydrogens (tertiary/aromatic N) is 3. The van der Waals surface area contributed by atoms with Gasteiger partial charge in [-0.3, -0.25) is 9.79 Å². The third kappa shape index (κ3) is 7.11. The summed E-state index contributed by atoms with van der Waals surface area (Å²) in [5.74, 6) is 2.73. The number of carbonyl (C=O) groups is 1. The van der Waals surface area contributed by atoms with Crippen LogP contribution in [0.2, 0.25) is 0 Å². The Morgan fingerprint density at radius 3 is 2.79 bits per heavy atom. The largest absolute Gasteiger partial charge is 0.374 e. The molecule has 2 aromatic rings. The van der Waals surface area contributed by atoms with Gasteiger partial charge in [0.25, 0.3) is 5.91 Å². The van der Waals surface area contributed by atoms with E-state index in [4.69, 9.17) is 4.99 Å². The lowest BCUT2D eigenvalue weighted by atomic mass is 9.90. The molecular formula is C23H34Cl2N6OS. The summed E-state index contributed by atoms with van der Waals surface area (Å²) >= 11 is 1.70. The van der Waals surface area contributed by atoms with Crippen molar-refractivity contribution >= 4 is 65.0 Å². The van der Waals surface area contributed by atoms with Crippen LogP contribution < -0.4 is 16.0 Å². The molecule has 33 heavy (non-hydrogen) atoms. The Morgan fingerprint density at radius 2 is 2.03 bits per heavy atom. The summed E-state index contributed by atoms with van der Waals surface area (Å²) in [6, 6.07) is 6.51. The summed E-state index contributed by atoms with van der Waals surface area (Å²) in [5, 5.41) is 11.0. The van der Waals surface area contributed by atoms with Crippen molar-refractivity contribution in [1.29, 1.82) is 0 Å². The Hall–Kier alpha value is -1.77. The highest BCUT2D eigenvalue weighted by atomic mass is 35.5. The van der Waals surface area contributed by atoms with Gasteiger partial charge in [0.15, 0.2) is 0 Å². The molecule has 0 unspecified atom stereocenters. The van der Waals surface area contributed by atoms with Gasteiger partial charge < -0.3 is 16.0 Å². The Labute approximate surface area is 212 Å². The van der Waals surface area contributed by atoms with Crippen molar-refractivity contribution in [3.05, 3.63) is 29.6 Å². The normalized spacial score (nSPS) is 21.1. The first-order chi connectivity index (χ1) is 15.1. The number of anilines is 1. The highest BCUT2D eigenvalue weighted by Crippen LogP contribution is 2.28. The van der Waals surface area contributed by atoms with Gasteiger partial charge in [0.1, 0.15) is 5.82 Å². The predicted octanol–water partition coefficient (Wildman–Crippen LogP) is 4.38. The standard InChI is InChI=1S/C23H32N6OS.2ClH/c1-15-9-10-17-16(14-15)21(29-22(27-17)23(30)25-12-13-31-2)28-19-7-4-3-6-18(19)26-20-8-5-11-24-20;;/h9-10,14,18-19H,3-8,11-13H2,1-2H3,(H,24,26)(H,25,30)(H,27,28,29);2*1H/t18-,19+;;/m1../s1. The van der Waals surface area contributed by atoms with Crippen LogP contribution in [0.25, 0.3) is 10.9 Å². The molecule has 2 heterocycles. The summed E-state index contributed by atoms with van der Waals surface area (Å²) in [4.78, 5) is 26.9. The van der Waals surface area contributed by atoms with Crippen molar-refractivity contribution < 1.29 is 4.79 Å². The molecule has 1 saturated heterocycles. The SMILES string of the molecule is CSCCNC(=O)c1nc(N[C@H]2CCCC[C@H]2N=C2CCCN2)c2cc(C)ccc2n1.Cl.Cl. The van der Waals surface area contributed by atoms with Gasteiger partial charge in [-0.25, -0.2) is 9.97 Å². The van der Waals surface area contributed by atoms with Crippen LogP contribution in [-0.4, -0.2) is 58.9 Å². The highest BCUT2D eigenvalue weighted by molar-refractivity contribution is 7.98. The molecule has 2 fully saturated rings. The summed E-state index contributed by atoms with van der Waals surface area (Å²) in [5.41, 5.74) is 1.93. The van der Waals surface area contributed by atoms with Crippen molar-refractivity contribution in [1.82, 2.24) is 20.6 Å². The lowest BCUT2D eigenvalue weighted by Gasteiger charge is -2.30. The maximum atomic E-state index is 12.7. The van der Waals surface area contributed by atoms with E-state index in [-0.39, 0.29) is 48.6 Å². The van der Waals surface area contributed by atoms with Crippen LogP contribution in [0.4, 0.5) is 5.82 Å². The molecule has 4 rings (SSSR count). The van der Waals surface area contributed by atoms with Crippen LogP contribution in [0, 0.1) is 6.92 Å². The van der Waals surface area contributed by atoms with Crippen molar-refractivity contribution in [2.75, 3.05) is 30.4 Å². The molecule has 0 bridgehead atoms. The molecule has 3 N–H and O–H groups in total. The molecule has 1 aliphatic carbocycles. The Morgan fingerprint density at radius 1 is 1.21 bits per heavy atom. The predicted molar refractivity (Wildman–Crippen MR) is 144 cm³/mol. The van der Waals surface area contributed by atoms with E-state index in [2.05, 4.69) is 38.9 Å².